The molecule has 0 aromatic heterocycles. The van der Waals surface area contributed by atoms with Crippen molar-refractivity contribution in [2.45, 2.75) is 6.92 Å². The Balaban J connectivity index is 2.94. The summed E-state index contributed by atoms with van der Waals surface area (Å²) in [6.45, 7) is 1.85. The van der Waals surface area contributed by atoms with E-state index >= 15 is 0 Å². The number of phenolic OH excluding ortho intramolecular Hbond substituents is 1. The number of hydrazone groups is 1. The van der Waals surface area contributed by atoms with Gasteiger partial charge >= 0.3 is 0 Å². The number of nitrogens with two attached hydrogens (primary N) is 1. The zero-order valence-electron chi connectivity index (χ0n) is 8.65. The first-order valence-corrected chi connectivity index (χ1v) is 4.42. The fourth-order valence-electron chi connectivity index (χ4n) is 1.00. The van der Waals surface area contributed by atoms with E-state index in [1.165, 1.54) is 6.07 Å². The molecule has 6 heteroatoms. The van der Waals surface area contributed by atoms with Crippen LogP contribution in [0, 0.1) is 23.7 Å². The first kappa shape index (κ1) is 11.5. The van der Waals surface area contributed by atoms with Crippen molar-refractivity contribution in [3.05, 3.63) is 23.8 Å². The van der Waals surface area contributed by atoms with Gasteiger partial charge in [0.05, 0.1) is 5.69 Å². The van der Waals surface area contributed by atoms with E-state index in [1.807, 2.05) is 6.92 Å². The summed E-state index contributed by atoms with van der Waals surface area (Å²) < 4.78 is 0. The molecule has 0 aliphatic heterocycles. The smallest absolute Gasteiger partial charge is 0.201 e. The third-order valence-electron chi connectivity index (χ3n) is 1.80. The maximum atomic E-state index is 9.46. The normalized spacial score (nSPS) is 10.6. The fourth-order valence-corrected chi connectivity index (χ4v) is 1.00. The average molecular weight is 217 g/mol. The molecule has 1 aromatic carbocycles. The highest BCUT2D eigenvalue weighted by Gasteiger charge is 2.03. The molecule has 0 bridgehead atoms. The molecule has 0 heterocycles. The second kappa shape index (κ2) is 4.79. The molecule has 0 saturated heterocycles. The van der Waals surface area contributed by atoms with Crippen molar-refractivity contribution in [2.75, 3.05) is 5.43 Å². The molecule has 6 nitrogen and oxygen atoms in total. The lowest BCUT2D eigenvalue weighted by atomic mass is 10.2. The van der Waals surface area contributed by atoms with Crippen LogP contribution in [0.25, 0.3) is 0 Å². The lowest BCUT2D eigenvalue weighted by molar-refractivity contribution is 0.477. The van der Waals surface area contributed by atoms with Crippen LogP contribution in [0.3, 0.4) is 0 Å². The number of anilines is 1. The van der Waals surface area contributed by atoms with E-state index in [4.69, 9.17) is 16.4 Å². The summed E-state index contributed by atoms with van der Waals surface area (Å²) in [5.41, 5.74) is 8.64. The van der Waals surface area contributed by atoms with Crippen molar-refractivity contribution in [3.8, 4) is 11.8 Å². The number of nitrogens with zero attached hydrogens (tertiary/aromatic N) is 2. The summed E-state index contributed by atoms with van der Waals surface area (Å²) in [5.74, 6) is -0.419. The van der Waals surface area contributed by atoms with Gasteiger partial charge in [-0.25, -0.2) is 0 Å². The van der Waals surface area contributed by atoms with Crippen LogP contribution in [-0.4, -0.2) is 16.7 Å². The monoisotopic (exact) mass is 217 g/mol. The molecule has 0 atom stereocenters. The molecule has 0 aliphatic carbocycles. The van der Waals surface area contributed by atoms with Gasteiger partial charge in [0, 0.05) is 0 Å². The minimum atomic E-state index is -0.429. The van der Waals surface area contributed by atoms with Gasteiger partial charge in [-0.3, -0.25) is 10.8 Å². The minimum Gasteiger partial charge on any atom is -0.506 e. The van der Waals surface area contributed by atoms with Gasteiger partial charge in [-0.05, 0) is 24.6 Å². The van der Waals surface area contributed by atoms with Crippen molar-refractivity contribution in [2.24, 2.45) is 10.8 Å². The van der Waals surface area contributed by atoms with Gasteiger partial charge in [-0.2, -0.15) is 10.4 Å². The number of hydrogen-bond acceptors (Lipinski definition) is 5. The van der Waals surface area contributed by atoms with Crippen LogP contribution in [-0.2, 0) is 0 Å². The van der Waals surface area contributed by atoms with E-state index in [9.17, 15) is 5.11 Å². The Labute approximate surface area is 92.5 Å². The van der Waals surface area contributed by atoms with E-state index in [0.29, 0.717) is 5.69 Å². The molecule has 0 fully saturated rings. The highest BCUT2D eigenvalue weighted by molar-refractivity contribution is 6.45. The number of benzene rings is 1. The van der Waals surface area contributed by atoms with Crippen molar-refractivity contribution >= 4 is 17.2 Å². The topological polar surface area (TPSA) is 118 Å². The van der Waals surface area contributed by atoms with Crippen molar-refractivity contribution in [1.82, 2.24) is 0 Å². The van der Waals surface area contributed by atoms with Crippen LogP contribution < -0.4 is 11.2 Å². The molecule has 5 N–H and O–H groups in total. The van der Waals surface area contributed by atoms with E-state index in [2.05, 4.69) is 10.5 Å². The van der Waals surface area contributed by atoms with Crippen LogP contribution in [0.1, 0.15) is 5.56 Å². The maximum absolute atomic E-state index is 9.46. The number of aryl methyl sites for hydroxylation is 1. The molecule has 16 heavy (non-hydrogen) atoms. The van der Waals surface area contributed by atoms with Gasteiger partial charge in [0.2, 0.25) is 5.71 Å². The Morgan fingerprint density at radius 1 is 1.62 bits per heavy atom. The Bertz CT molecular complexity index is 486. The van der Waals surface area contributed by atoms with Crippen LogP contribution in [0.2, 0.25) is 0 Å². The summed E-state index contributed by atoms with van der Waals surface area (Å²) in [6.07, 6.45) is 0. The molecular weight excluding hydrogens is 206 g/mol. The summed E-state index contributed by atoms with van der Waals surface area (Å²) in [5, 5.41) is 28.7. The first-order valence-electron chi connectivity index (χ1n) is 4.42. The molecule has 82 valence electrons. The molecule has 0 radical (unpaired) electrons. The highest BCUT2D eigenvalue weighted by Crippen LogP contribution is 2.23. The number of nitriles is 1. The lowest BCUT2D eigenvalue weighted by Gasteiger charge is -2.04. The molecule has 1 aromatic rings. The van der Waals surface area contributed by atoms with E-state index in [-0.39, 0.29) is 11.5 Å². The predicted molar refractivity (Wildman–Crippen MR) is 61.4 cm³/mol. The third kappa shape index (κ3) is 2.72. The number of hydrogen-bond donors (Lipinski definition) is 4. The third-order valence-corrected chi connectivity index (χ3v) is 1.80. The molecule has 0 amide bonds. The fraction of sp³-hybridized carbons (Fsp3) is 0.100. The largest absolute Gasteiger partial charge is 0.506 e. The van der Waals surface area contributed by atoms with E-state index in [0.717, 1.165) is 5.56 Å². The Morgan fingerprint density at radius 2 is 2.31 bits per heavy atom. The average Bonchev–Trinajstić information content (AvgIpc) is 2.23. The van der Waals surface area contributed by atoms with Crippen LogP contribution in [0.4, 0.5) is 5.69 Å². The molecule has 0 unspecified atom stereocenters. The van der Waals surface area contributed by atoms with Crippen LogP contribution >= 0.6 is 0 Å². The first-order chi connectivity index (χ1) is 7.54. The minimum absolute atomic E-state index is 0.00944. The zero-order chi connectivity index (χ0) is 12.1. The lowest BCUT2D eigenvalue weighted by Crippen LogP contribution is -2.21. The van der Waals surface area contributed by atoms with Gasteiger partial charge in [-0.15, -0.1) is 0 Å². The number of amidine groups is 1. The van der Waals surface area contributed by atoms with E-state index < -0.39 is 5.84 Å². The summed E-state index contributed by atoms with van der Waals surface area (Å²) in [7, 11) is 0. The van der Waals surface area contributed by atoms with Crippen LogP contribution in [0.5, 0.6) is 5.75 Å². The van der Waals surface area contributed by atoms with Crippen LogP contribution in [0.15, 0.2) is 23.3 Å². The van der Waals surface area contributed by atoms with Gasteiger partial charge in [-0.1, -0.05) is 6.07 Å². The Kier molecular flexibility index (Phi) is 3.45. The van der Waals surface area contributed by atoms with Crippen molar-refractivity contribution < 1.29 is 5.11 Å². The predicted octanol–water partition coefficient (Wildman–Crippen LogP) is 0.928. The highest BCUT2D eigenvalue weighted by atomic mass is 16.3. The second-order valence-corrected chi connectivity index (χ2v) is 3.12. The number of nitrogens with one attached hydrogen (secondary N) is 2. The van der Waals surface area contributed by atoms with Gasteiger partial charge in [0.15, 0.2) is 5.84 Å². The Hall–Kier alpha value is -2.55. The van der Waals surface area contributed by atoms with E-state index in [1.54, 1.807) is 18.2 Å². The maximum Gasteiger partial charge on any atom is 0.201 e. The summed E-state index contributed by atoms with van der Waals surface area (Å²) in [4.78, 5) is 0. The number of rotatable bonds is 3. The van der Waals surface area contributed by atoms with Gasteiger partial charge in [0.25, 0.3) is 0 Å². The quantitative estimate of drug-likeness (QED) is 0.260. The number of phenols is 1. The zero-order valence-corrected chi connectivity index (χ0v) is 8.65. The molecule has 0 aliphatic rings. The second-order valence-electron chi connectivity index (χ2n) is 3.12. The molecule has 0 saturated carbocycles. The summed E-state index contributed by atoms with van der Waals surface area (Å²) in [6, 6.07) is 6.57. The number of aromatic hydroxyl groups is 1. The molecule has 1 rings (SSSR count). The van der Waals surface area contributed by atoms with Crippen molar-refractivity contribution in [3.63, 3.8) is 0 Å². The SMILES string of the molecule is Cc1ccc(O)c(N/N=C(\C#N)C(=N)N)c1. The Morgan fingerprint density at radius 3 is 2.88 bits per heavy atom. The van der Waals surface area contributed by atoms with Crippen molar-refractivity contribution in [1.29, 1.82) is 10.7 Å². The molecular formula is C10H11N5O. The standard InChI is InChI=1S/C10H11N5O/c1-6-2-3-9(16)7(4-6)14-15-8(5-11)10(12)13/h2-4,14,16H,1H3,(H3,12,13)/b15-8+. The van der Waals surface area contributed by atoms with Gasteiger partial charge in [0.1, 0.15) is 11.8 Å². The molecule has 0 spiro atoms. The van der Waals surface area contributed by atoms with Gasteiger partial charge < -0.3 is 10.8 Å². The summed E-state index contributed by atoms with van der Waals surface area (Å²) >= 11 is 0.